The molecule has 1 rings (SSSR count). The molecule has 0 heterocycles. The molecular formula is C12H24O2. The normalized spacial score (nSPS) is 27.6. The molecule has 1 saturated carbocycles. The SMILES string of the molecule is COC(C)(OC)C1CCCC(C)(C)C1. The van der Waals surface area contributed by atoms with E-state index < -0.39 is 5.79 Å². The molecule has 1 fully saturated rings. The molecule has 0 bridgehead atoms. The summed E-state index contributed by atoms with van der Waals surface area (Å²) in [7, 11) is 3.48. The minimum Gasteiger partial charge on any atom is -0.353 e. The van der Waals surface area contributed by atoms with Gasteiger partial charge < -0.3 is 9.47 Å². The Morgan fingerprint density at radius 2 is 1.79 bits per heavy atom. The van der Waals surface area contributed by atoms with Crippen LogP contribution in [0.5, 0.6) is 0 Å². The number of ether oxygens (including phenoxy) is 2. The minimum atomic E-state index is -0.391. The second kappa shape index (κ2) is 4.19. The van der Waals surface area contributed by atoms with Crippen LogP contribution in [0.3, 0.4) is 0 Å². The number of methoxy groups -OCH3 is 2. The summed E-state index contributed by atoms with van der Waals surface area (Å²) in [6, 6.07) is 0. The second-order valence-electron chi connectivity index (χ2n) is 5.38. The van der Waals surface area contributed by atoms with Gasteiger partial charge in [0.1, 0.15) is 0 Å². The summed E-state index contributed by atoms with van der Waals surface area (Å²) in [6.45, 7) is 6.73. The topological polar surface area (TPSA) is 18.5 Å². The van der Waals surface area contributed by atoms with Crippen LogP contribution in [0.4, 0.5) is 0 Å². The Balaban J connectivity index is 2.67. The zero-order valence-electron chi connectivity index (χ0n) is 10.2. The van der Waals surface area contributed by atoms with Gasteiger partial charge in [-0.25, -0.2) is 0 Å². The van der Waals surface area contributed by atoms with E-state index in [1.807, 2.05) is 0 Å². The highest BCUT2D eigenvalue weighted by molar-refractivity contribution is 4.85. The Morgan fingerprint density at radius 1 is 1.21 bits per heavy atom. The van der Waals surface area contributed by atoms with Crippen LogP contribution in [0.2, 0.25) is 0 Å². The van der Waals surface area contributed by atoms with E-state index in [1.165, 1.54) is 25.7 Å². The van der Waals surface area contributed by atoms with E-state index in [0.29, 0.717) is 11.3 Å². The lowest BCUT2D eigenvalue weighted by molar-refractivity contribution is -0.237. The third kappa shape index (κ3) is 2.48. The Hall–Kier alpha value is -0.0800. The van der Waals surface area contributed by atoms with Crippen LogP contribution in [0.15, 0.2) is 0 Å². The van der Waals surface area contributed by atoms with Gasteiger partial charge in [0.2, 0.25) is 0 Å². The maximum atomic E-state index is 5.50. The quantitative estimate of drug-likeness (QED) is 0.651. The molecule has 1 unspecified atom stereocenters. The average molecular weight is 200 g/mol. The second-order valence-corrected chi connectivity index (χ2v) is 5.38. The average Bonchev–Trinajstić information content (AvgIpc) is 2.15. The lowest BCUT2D eigenvalue weighted by atomic mass is 9.70. The van der Waals surface area contributed by atoms with E-state index in [9.17, 15) is 0 Å². The fourth-order valence-electron chi connectivity index (χ4n) is 2.56. The predicted molar refractivity (Wildman–Crippen MR) is 58.2 cm³/mol. The molecule has 0 aromatic heterocycles. The Morgan fingerprint density at radius 3 is 2.21 bits per heavy atom. The van der Waals surface area contributed by atoms with E-state index in [2.05, 4.69) is 20.8 Å². The molecule has 2 nitrogen and oxygen atoms in total. The van der Waals surface area contributed by atoms with Gasteiger partial charge in [-0.1, -0.05) is 20.3 Å². The van der Waals surface area contributed by atoms with Gasteiger partial charge in [0.15, 0.2) is 5.79 Å². The molecule has 1 atom stereocenters. The smallest absolute Gasteiger partial charge is 0.167 e. The summed E-state index contributed by atoms with van der Waals surface area (Å²) in [5, 5.41) is 0. The molecule has 0 aromatic carbocycles. The monoisotopic (exact) mass is 200 g/mol. The van der Waals surface area contributed by atoms with E-state index >= 15 is 0 Å². The summed E-state index contributed by atoms with van der Waals surface area (Å²) in [5.74, 6) is 0.138. The van der Waals surface area contributed by atoms with Gasteiger partial charge in [-0.05, 0) is 31.6 Å². The Labute approximate surface area is 88.0 Å². The maximum absolute atomic E-state index is 5.50. The fourth-order valence-corrected chi connectivity index (χ4v) is 2.56. The molecule has 2 heteroatoms. The Bertz CT molecular complexity index is 183. The van der Waals surface area contributed by atoms with Gasteiger partial charge in [-0.2, -0.15) is 0 Å². The summed E-state index contributed by atoms with van der Waals surface area (Å²) in [6.07, 6.45) is 5.04. The van der Waals surface area contributed by atoms with Crippen molar-refractivity contribution in [1.29, 1.82) is 0 Å². The first-order valence-corrected chi connectivity index (χ1v) is 5.54. The first-order chi connectivity index (χ1) is 6.43. The van der Waals surface area contributed by atoms with Crippen molar-refractivity contribution in [3.63, 3.8) is 0 Å². The van der Waals surface area contributed by atoms with Crippen LogP contribution in [0, 0.1) is 11.3 Å². The van der Waals surface area contributed by atoms with Crippen LogP contribution in [0.1, 0.15) is 46.5 Å². The lowest BCUT2D eigenvalue weighted by Gasteiger charge is -2.43. The molecule has 84 valence electrons. The number of hydrogen-bond acceptors (Lipinski definition) is 2. The first kappa shape index (κ1) is 12.0. The van der Waals surface area contributed by atoms with Crippen molar-refractivity contribution in [1.82, 2.24) is 0 Å². The van der Waals surface area contributed by atoms with Crippen LogP contribution < -0.4 is 0 Å². The standard InChI is InChI=1S/C12H24O2/c1-11(2)8-6-7-10(9-11)12(3,13-4)14-5/h10H,6-9H2,1-5H3. The highest BCUT2D eigenvalue weighted by Gasteiger charge is 2.40. The minimum absolute atomic E-state index is 0.391. The van der Waals surface area contributed by atoms with Crippen LogP contribution in [-0.2, 0) is 9.47 Å². The van der Waals surface area contributed by atoms with E-state index in [-0.39, 0.29) is 0 Å². The molecule has 0 amide bonds. The maximum Gasteiger partial charge on any atom is 0.167 e. The molecule has 1 aliphatic rings. The van der Waals surface area contributed by atoms with Crippen molar-refractivity contribution >= 4 is 0 Å². The van der Waals surface area contributed by atoms with Gasteiger partial charge in [0, 0.05) is 20.1 Å². The molecule has 0 aliphatic heterocycles. The van der Waals surface area contributed by atoms with Gasteiger partial charge >= 0.3 is 0 Å². The Kier molecular flexibility index (Phi) is 3.59. The third-order valence-electron chi connectivity index (χ3n) is 3.76. The van der Waals surface area contributed by atoms with Gasteiger partial charge in [0.25, 0.3) is 0 Å². The largest absolute Gasteiger partial charge is 0.353 e. The van der Waals surface area contributed by atoms with Gasteiger partial charge in [-0.3, -0.25) is 0 Å². The summed E-state index contributed by atoms with van der Waals surface area (Å²) in [4.78, 5) is 0. The molecular weight excluding hydrogens is 176 g/mol. The molecule has 0 spiro atoms. The molecule has 0 radical (unpaired) electrons. The summed E-state index contributed by atoms with van der Waals surface area (Å²) in [5.41, 5.74) is 0.446. The van der Waals surface area contributed by atoms with Crippen LogP contribution >= 0.6 is 0 Å². The molecule has 14 heavy (non-hydrogen) atoms. The van der Waals surface area contributed by atoms with E-state index in [0.717, 1.165) is 0 Å². The van der Waals surface area contributed by atoms with Crippen molar-refractivity contribution in [3.05, 3.63) is 0 Å². The lowest BCUT2D eigenvalue weighted by Crippen LogP contribution is -2.42. The number of hydrogen-bond donors (Lipinski definition) is 0. The molecule has 1 aliphatic carbocycles. The van der Waals surface area contributed by atoms with Crippen molar-refractivity contribution in [2.24, 2.45) is 11.3 Å². The van der Waals surface area contributed by atoms with E-state index in [4.69, 9.17) is 9.47 Å². The zero-order valence-corrected chi connectivity index (χ0v) is 10.2. The van der Waals surface area contributed by atoms with Crippen molar-refractivity contribution in [3.8, 4) is 0 Å². The number of rotatable bonds is 3. The molecule has 0 N–H and O–H groups in total. The van der Waals surface area contributed by atoms with E-state index in [1.54, 1.807) is 14.2 Å². The van der Waals surface area contributed by atoms with Gasteiger partial charge in [-0.15, -0.1) is 0 Å². The molecule has 0 saturated heterocycles. The van der Waals surface area contributed by atoms with Crippen LogP contribution in [0.25, 0.3) is 0 Å². The third-order valence-corrected chi connectivity index (χ3v) is 3.76. The van der Waals surface area contributed by atoms with Crippen molar-refractivity contribution in [2.75, 3.05) is 14.2 Å². The highest BCUT2D eigenvalue weighted by atomic mass is 16.7. The highest BCUT2D eigenvalue weighted by Crippen LogP contribution is 2.43. The van der Waals surface area contributed by atoms with Gasteiger partial charge in [0.05, 0.1) is 0 Å². The van der Waals surface area contributed by atoms with Crippen LogP contribution in [-0.4, -0.2) is 20.0 Å². The summed E-state index contributed by atoms with van der Waals surface area (Å²) < 4.78 is 11.0. The first-order valence-electron chi connectivity index (χ1n) is 5.54. The zero-order chi connectivity index (χ0) is 10.8. The fraction of sp³-hybridized carbons (Fsp3) is 1.00. The molecule has 0 aromatic rings. The van der Waals surface area contributed by atoms with Crippen molar-refractivity contribution in [2.45, 2.75) is 52.2 Å². The van der Waals surface area contributed by atoms with Crippen molar-refractivity contribution < 1.29 is 9.47 Å². The predicted octanol–water partition coefficient (Wildman–Crippen LogP) is 3.21. The summed E-state index contributed by atoms with van der Waals surface area (Å²) >= 11 is 0.